The van der Waals surface area contributed by atoms with Crippen LogP contribution in [0.15, 0.2) is 48.5 Å². The number of carbonyl (C=O) groups excluding carboxylic acids is 2. The second-order valence-electron chi connectivity index (χ2n) is 6.52. The number of anilines is 2. The van der Waals surface area contributed by atoms with Crippen molar-refractivity contribution in [1.29, 1.82) is 0 Å². The third kappa shape index (κ3) is 6.24. The number of para-hydroxylation sites is 2. The Morgan fingerprint density at radius 3 is 2.04 bits per heavy atom. The fourth-order valence-electron chi connectivity index (χ4n) is 2.53. The fourth-order valence-corrected chi connectivity index (χ4v) is 2.53. The highest BCUT2D eigenvalue weighted by atomic mass is 16.2. The maximum Gasteiger partial charge on any atom is 0.319 e. The van der Waals surface area contributed by atoms with Crippen molar-refractivity contribution in [3.8, 4) is 0 Å². The number of aryl methyl sites for hydroxylation is 2. The predicted molar refractivity (Wildman–Crippen MR) is 107 cm³/mol. The fraction of sp³-hybridized carbons (Fsp3) is 0.333. The number of carbonyl (C=O) groups is 2. The number of amides is 3. The van der Waals surface area contributed by atoms with E-state index < -0.39 is 0 Å². The number of hydrogen-bond donors (Lipinski definition) is 3. The zero-order chi connectivity index (χ0) is 18.9. The average molecular weight is 353 g/mol. The Morgan fingerprint density at radius 1 is 0.885 bits per heavy atom. The molecule has 2 aromatic carbocycles. The summed E-state index contributed by atoms with van der Waals surface area (Å²) in [7, 11) is 0. The Labute approximate surface area is 155 Å². The second kappa shape index (κ2) is 9.61. The Bertz CT molecular complexity index is 739. The van der Waals surface area contributed by atoms with Gasteiger partial charge in [0, 0.05) is 12.5 Å². The Morgan fingerprint density at radius 2 is 1.46 bits per heavy atom. The lowest BCUT2D eigenvalue weighted by Gasteiger charge is -2.14. The van der Waals surface area contributed by atoms with Gasteiger partial charge in [0.15, 0.2) is 0 Å². The van der Waals surface area contributed by atoms with Gasteiger partial charge in [-0.3, -0.25) is 4.79 Å². The topological polar surface area (TPSA) is 70.2 Å². The van der Waals surface area contributed by atoms with Gasteiger partial charge < -0.3 is 16.0 Å². The van der Waals surface area contributed by atoms with Crippen LogP contribution in [-0.4, -0.2) is 18.0 Å². The van der Waals surface area contributed by atoms with Crippen molar-refractivity contribution < 1.29 is 9.59 Å². The van der Waals surface area contributed by atoms with Crippen LogP contribution in [-0.2, 0) is 17.6 Å². The van der Waals surface area contributed by atoms with E-state index in [2.05, 4.69) is 47.1 Å². The second-order valence-corrected chi connectivity index (χ2v) is 6.52. The summed E-state index contributed by atoms with van der Waals surface area (Å²) in [5.74, 6) is -0.0805. The largest absolute Gasteiger partial charge is 0.336 e. The normalized spacial score (nSPS) is 10.5. The highest BCUT2D eigenvalue weighted by molar-refractivity contribution is 5.99. The number of benzene rings is 2. The molecule has 3 N–H and O–H groups in total. The summed E-state index contributed by atoms with van der Waals surface area (Å²) in [6.45, 7) is 5.90. The Kier molecular flexibility index (Phi) is 7.21. The van der Waals surface area contributed by atoms with Gasteiger partial charge in [-0.25, -0.2) is 4.79 Å². The maximum absolute atomic E-state index is 12.3. The molecule has 0 spiro atoms. The third-order valence-corrected chi connectivity index (χ3v) is 3.94. The molecule has 3 amide bonds. The zero-order valence-corrected chi connectivity index (χ0v) is 15.6. The van der Waals surface area contributed by atoms with E-state index in [1.54, 1.807) is 12.1 Å². The van der Waals surface area contributed by atoms with E-state index in [1.165, 1.54) is 5.56 Å². The van der Waals surface area contributed by atoms with E-state index in [9.17, 15) is 9.59 Å². The minimum absolute atomic E-state index is 0.0378. The molecule has 5 heteroatoms. The van der Waals surface area contributed by atoms with E-state index in [-0.39, 0.29) is 18.0 Å². The summed E-state index contributed by atoms with van der Waals surface area (Å²) in [4.78, 5) is 24.2. The predicted octanol–water partition coefficient (Wildman–Crippen LogP) is 4.35. The molecule has 0 aliphatic rings. The van der Waals surface area contributed by atoms with Gasteiger partial charge in [0.2, 0.25) is 5.91 Å². The SMILES string of the molecule is CCc1ccc(CCC(=O)Nc2ccccc2NC(=O)NC(C)C)cc1. The van der Waals surface area contributed by atoms with Gasteiger partial charge >= 0.3 is 6.03 Å². The average Bonchev–Trinajstić information content (AvgIpc) is 2.61. The Hall–Kier alpha value is -2.82. The van der Waals surface area contributed by atoms with Crippen LogP contribution in [0, 0.1) is 0 Å². The van der Waals surface area contributed by atoms with Gasteiger partial charge in [0.05, 0.1) is 11.4 Å². The molecule has 0 fully saturated rings. The molecule has 0 atom stereocenters. The molecule has 0 heterocycles. The summed E-state index contributed by atoms with van der Waals surface area (Å²) in [5.41, 5.74) is 3.60. The maximum atomic E-state index is 12.3. The first-order valence-electron chi connectivity index (χ1n) is 9.02. The molecule has 0 aromatic heterocycles. The summed E-state index contributed by atoms with van der Waals surface area (Å²) >= 11 is 0. The van der Waals surface area contributed by atoms with Crippen molar-refractivity contribution in [2.45, 2.75) is 46.1 Å². The molecule has 26 heavy (non-hydrogen) atoms. The molecule has 0 aliphatic carbocycles. The van der Waals surface area contributed by atoms with E-state index >= 15 is 0 Å². The smallest absolute Gasteiger partial charge is 0.319 e. The first kappa shape index (κ1) is 19.5. The van der Waals surface area contributed by atoms with Crippen molar-refractivity contribution in [2.75, 3.05) is 10.6 Å². The van der Waals surface area contributed by atoms with Crippen molar-refractivity contribution in [1.82, 2.24) is 5.32 Å². The summed E-state index contributed by atoms with van der Waals surface area (Å²) < 4.78 is 0. The molecular formula is C21H27N3O2. The van der Waals surface area contributed by atoms with Crippen molar-refractivity contribution in [2.24, 2.45) is 0 Å². The van der Waals surface area contributed by atoms with Crippen LogP contribution in [0.3, 0.4) is 0 Å². The van der Waals surface area contributed by atoms with Gasteiger partial charge in [0.25, 0.3) is 0 Å². The van der Waals surface area contributed by atoms with Gasteiger partial charge in [-0.2, -0.15) is 0 Å². The lowest BCUT2D eigenvalue weighted by Crippen LogP contribution is -2.34. The van der Waals surface area contributed by atoms with Crippen LogP contribution in [0.2, 0.25) is 0 Å². The highest BCUT2D eigenvalue weighted by Crippen LogP contribution is 2.21. The van der Waals surface area contributed by atoms with E-state index in [4.69, 9.17) is 0 Å². The van der Waals surface area contributed by atoms with Crippen LogP contribution >= 0.6 is 0 Å². The molecule has 0 radical (unpaired) electrons. The molecular weight excluding hydrogens is 326 g/mol. The van der Waals surface area contributed by atoms with Crippen LogP contribution in [0.25, 0.3) is 0 Å². The lowest BCUT2D eigenvalue weighted by molar-refractivity contribution is -0.116. The molecule has 2 rings (SSSR count). The van der Waals surface area contributed by atoms with Gasteiger partial charge in [0.1, 0.15) is 0 Å². The van der Waals surface area contributed by atoms with Gasteiger partial charge in [-0.05, 0) is 49.9 Å². The first-order chi connectivity index (χ1) is 12.5. The van der Waals surface area contributed by atoms with E-state index in [1.807, 2.05) is 26.0 Å². The van der Waals surface area contributed by atoms with Crippen LogP contribution in [0.1, 0.15) is 38.3 Å². The molecule has 0 unspecified atom stereocenters. The summed E-state index contributed by atoms with van der Waals surface area (Å²) in [6.07, 6.45) is 2.08. The number of hydrogen-bond acceptors (Lipinski definition) is 2. The summed E-state index contributed by atoms with van der Waals surface area (Å²) in [6, 6.07) is 15.3. The van der Waals surface area contributed by atoms with Gasteiger partial charge in [-0.15, -0.1) is 0 Å². The van der Waals surface area contributed by atoms with Crippen LogP contribution in [0.4, 0.5) is 16.2 Å². The van der Waals surface area contributed by atoms with Gasteiger partial charge in [-0.1, -0.05) is 43.3 Å². The molecule has 2 aromatic rings. The zero-order valence-electron chi connectivity index (χ0n) is 15.6. The van der Waals surface area contributed by atoms with Crippen LogP contribution < -0.4 is 16.0 Å². The third-order valence-electron chi connectivity index (χ3n) is 3.94. The molecule has 0 saturated carbocycles. The minimum Gasteiger partial charge on any atom is -0.336 e. The Balaban J connectivity index is 1.92. The molecule has 0 saturated heterocycles. The molecule has 0 aliphatic heterocycles. The minimum atomic E-state index is -0.294. The number of rotatable bonds is 7. The number of nitrogens with one attached hydrogen (secondary N) is 3. The molecule has 5 nitrogen and oxygen atoms in total. The van der Waals surface area contributed by atoms with Crippen molar-refractivity contribution in [3.63, 3.8) is 0 Å². The lowest BCUT2D eigenvalue weighted by atomic mass is 10.1. The quantitative estimate of drug-likeness (QED) is 0.692. The molecule has 0 bridgehead atoms. The number of urea groups is 1. The van der Waals surface area contributed by atoms with Crippen LogP contribution in [0.5, 0.6) is 0 Å². The molecule has 138 valence electrons. The highest BCUT2D eigenvalue weighted by Gasteiger charge is 2.10. The van der Waals surface area contributed by atoms with Crippen molar-refractivity contribution in [3.05, 3.63) is 59.7 Å². The summed E-state index contributed by atoms with van der Waals surface area (Å²) in [5, 5.41) is 8.41. The van der Waals surface area contributed by atoms with E-state index in [0.29, 0.717) is 24.2 Å². The standard InChI is InChI=1S/C21H27N3O2/c1-4-16-9-11-17(12-10-16)13-14-20(25)23-18-7-5-6-8-19(18)24-21(26)22-15(2)3/h5-12,15H,4,13-14H2,1-3H3,(H,23,25)(H2,22,24,26). The monoisotopic (exact) mass is 353 g/mol. The first-order valence-corrected chi connectivity index (χ1v) is 9.02. The van der Waals surface area contributed by atoms with E-state index in [0.717, 1.165) is 12.0 Å². The van der Waals surface area contributed by atoms with Crippen molar-refractivity contribution >= 4 is 23.3 Å².